The van der Waals surface area contributed by atoms with Gasteiger partial charge >= 0.3 is 0 Å². The van der Waals surface area contributed by atoms with Gasteiger partial charge in [-0.1, -0.05) is 12.1 Å². The van der Waals surface area contributed by atoms with Crippen molar-refractivity contribution in [2.75, 3.05) is 0 Å². The third kappa shape index (κ3) is 3.68. The van der Waals surface area contributed by atoms with Gasteiger partial charge in [-0.2, -0.15) is 10.4 Å². The number of hydrogen-bond donors (Lipinski definition) is 0. The molecule has 0 aliphatic carbocycles. The molecule has 4 rings (SSSR count). The monoisotopic (exact) mass is 392 g/mol. The highest BCUT2D eigenvalue weighted by Gasteiger charge is 2.12. The molecular weight excluding hydrogens is 378 g/mol. The summed E-state index contributed by atoms with van der Waals surface area (Å²) in [5.74, 6) is -1.83. The lowest BCUT2D eigenvalue weighted by molar-refractivity contribution is 0.509. The van der Waals surface area contributed by atoms with Gasteiger partial charge in [0, 0.05) is 17.3 Å². The molecule has 0 spiro atoms. The molecule has 7 heteroatoms. The maximum Gasteiger partial charge on any atom is 0.159 e. The van der Waals surface area contributed by atoms with Gasteiger partial charge in [-0.3, -0.25) is 4.68 Å². The van der Waals surface area contributed by atoms with E-state index in [1.54, 1.807) is 22.2 Å². The third-order valence-corrected chi connectivity index (χ3v) is 5.15. The number of para-hydroxylation sites is 1. The van der Waals surface area contributed by atoms with E-state index in [1.807, 2.05) is 36.4 Å². The Labute approximate surface area is 164 Å². The minimum absolute atomic E-state index is 0.305. The Morgan fingerprint density at radius 3 is 2.75 bits per heavy atom. The Morgan fingerprint density at radius 1 is 1.11 bits per heavy atom. The lowest BCUT2D eigenvalue weighted by atomic mass is 10.1. The molecule has 0 aliphatic heterocycles. The molecule has 4 nitrogen and oxygen atoms in total. The van der Waals surface area contributed by atoms with Crippen molar-refractivity contribution in [1.82, 2.24) is 14.8 Å². The van der Waals surface area contributed by atoms with E-state index in [4.69, 9.17) is 5.26 Å². The van der Waals surface area contributed by atoms with Crippen LogP contribution in [0.5, 0.6) is 0 Å². The van der Waals surface area contributed by atoms with E-state index < -0.39 is 11.6 Å². The first-order valence-electron chi connectivity index (χ1n) is 8.57. The second kappa shape index (κ2) is 7.71. The first-order valence-corrected chi connectivity index (χ1v) is 9.39. The smallest absolute Gasteiger partial charge is 0.159 e. The molecule has 2 heterocycles. The fourth-order valence-corrected chi connectivity index (χ4v) is 3.70. The summed E-state index contributed by atoms with van der Waals surface area (Å²) in [4.78, 5) is 4.56. The van der Waals surface area contributed by atoms with Crippen LogP contribution in [0.25, 0.3) is 33.6 Å². The van der Waals surface area contributed by atoms with E-state index >= 15 is 0 Å². The summed E-state index contributed by atoms with van der Waals surface area (Å²) in [7, 11) is 0. The fraction of sp³-hybridized carbons (Fsp3) is 0.0952. The van der Waals surface area contributed by atoms with Crippen molar-refractivity contribution in [2.45, 2.75) is 13.0 Å². The number of halogens is 2. The van der Waals surface area contributed by atoms with E-state index in [0.29, 0.717) is 24.2 Å². The summed E-state index contributed by atoms with van der Waals surface area (Å²) in [5, 5.41) is 14.1. The number of aromatic nitrogens is 3. The Balaban J connectivity index is 1.72. The van der Waals surface area contributed by atoms with Gasteiger partial charge in [-0.25, -0.2) is 13.8 Å². The topological polar surface area (TPSA) is 54.5 Å². The molecule has 28 heavy (non-hydrogen) atoms. The van der Waals surface area contributed by atoms with Gasteiger partial charge in [0.2, 0.25) is 0 Å². The van der Waals surface area contributed by atoms with Gasteiger partial charge in [-0.15, -0.1) is 11.3 Å². The Bertz CT molecular complexity index is 1180. The molecule has 0 radical (unpaired) electrons. The van der Waals surface area contributed by atoms with E-state index in [0.717, 1.165) is 32.9 Å². The average Bonchev–Trinajstić information content (AvgIpc) is 3.30. The summed E-state index contributed by atoms with van der Waals surface area (Å²) >= 11 is 1.57. The van der Waals surface area contributed by atoms with E-state index in [1.165, 1.54) is 6.07 Å². The molecule has 0 unspecified atom stereocenters. The molecule has 138 valence electrons. The summed E-state index contributed by atoms with van der Waals surface area (Å²) in [6.07, 6.45) is 5.82. The number of nitrogens with zero attached hydrogens (tertiary/aromatic N) is 4. The molecule has 2 aromatic carbocycles. The second-order valence-corrected chi connectivity index (χ2v) is 7.15. The van der Waals surface area contributed by atoms with Crippen LogP contribution in [0.4, 0.5) is 8.78 Å². The lowest BCUT2D eigenvalue weighted by Gasteiger charge is -2.00. The van der Waals surface area contributed by atoms with Crippen molar-refractivity contribution in [2.24, 2.45) is 0 Å². The molecule has 2 aromatic heterocycles. The van der Waals surface area contributed by atoms with Crippen LogP contribution >= 0.6 is 11.3 Å². The molecular formula is C21H14F2N4S. The van der Waals surface area contributed by atoms with Gasteiger partial charge in [0.1, 0.15) is 5.01 Å². The number of rotatable bonds is 5. The van der Waals surface area contributed by atoms with Crippen molar-refractivity contribution in [3.63, 3.8) is 0 Å². The minimum atomic E-state index is -0.926. The van der Waals surface area contributed by atoms with Crippen LogP contribution in [-0.2, 0) is 6.54 Å². The molecule has 0 amide bonds. The molecule has 0 bridgehead atoms. The van der Waals surface area contributed by atoms with Crippen molar-refractivity contribution >= 4 is 33.7 Å². The fourth-order valence-electron chi connectivity index (χ4n) is 2.83. The summed E-state index contributed by atoms with van der Waals surface area (Å²) in [6, 6.07) is 13.6. The zero-order valence-corrected chi connectivity index (χ0v) is 15.5. The molecule has 0 N–H and O–H groups in total. The second-order valence-electron chi connectivity index (χ2n) is 6.09. The molecule has 0 saturated heterocycles. The number of thiazole rings is 1. The van der Waals surface area contributed by atoms with Crippen molar-refractivity contribution < 1.29 is 8.78 Å². The van der Waals surface area contributed by atoms with Gasteiger partial charge < -0.3 is 0 Å². The molecule has 0 saturated carbocycles. The first kappa shape index (κ1) is 18.0. The van der Waals surface area contributed by atoms with E-state index in [9.17, 15) is 8.78 Å². The number of nitriles is 1. The maximum atomic E-state index is 13.7. The highest BCUT2D eigenvalue weighted by atomic mass is 32.1. The predicted molar refractivity (Wildman–Crippen MR) is 106 cm³/mol. The number of fused-ring (bicyclic) bond motifs is 1. The number of hydrogen-bond acceptors (Lipinski definition) is 4. The number of aryl methyl sites for hydroxylation is 1. The average molecular weight is 392 g/mol. The van der Waals surface area contributed by atoms with Crippen molar-refractivity contribution in [3.05, 3.63) is 70.9 Å². The molecule has 0 aliphatic rings. The van der Waals surface area contributed by atoms with Gasteiger partial charge in [-0.05, 0) is 42.5 Å². The normalized spacial score (nSPS) is 11.3. The summed E-state index contributed by atoms with van der Waals surface area (Å²) < 4.78 is 29.7. The molecule has 4 aromatic rings. The molecule has 0 fully saturated rings. The van der Waals surface area contributed by atoms with Gasteiger partial charge in [0.05, 0.1) is 34.9 Å². The van der Waals surface area contributed by atoms with E-state index in [-0.39, 0.29) is 0 Å². The van der Waals surface area contributed by atoms with Crippen LogP contribution < -0.4 is 0 Å². The Morgan fingerprint density at radius 2 is 1.96 bits per heavy atom. The van der Waals surface area contributed by atoms with Gasteiger partial charge in [0.25, 0.3) is 0 Å². The molecule has 0 atom stereocenters. The minimum Gasteiger partial charge on any atom is -0.270 e. The predicted octanol–water partition coefficient (Wildman–Crippen LogP) is 5.52. The Hall–Kier alpha value is -3.37. The van der Waals surface area contributed by atoms with E-state index in [2.05, 4.69) is 16.2 Å². The Kier molecular flexibility index (Phi) is 4.96. The van der Waals surface area contributed by atoms with Crippen LogP contribution in [0.1, 0.15) is 17.0 Å². The largest absolute Gasteiger partial charge is 0.270 e. The van der Waals surface area contributed by atoms with Crippen LogP contribution in [0.2, 0.25) is 0 Å². The lowest BCUT2D eigenvalue weighted by Crippen LogP contribution is -1.97. The maximum absolute atomic E-state index is 13.7. The number of benzene rings is 2. The standard InChI is InChI=1S/C21H14F2N4S/c22-16-8-6-14(12-17(16)23)21-15(13-27(26-21)11-3-10-24)7-9-20-25-18-4-1-2-5-19(18)28-20/h1-2,4-9,12-13H,3,11H2. The van der Waals surface area contributed by atoms with Crippen LogP contribution in [0.15, 0.2) is 48.7 Å². The quantitative estimate of drug-likeness (QED) is 0.449. The van der Waals surface area contributed by atoms with Crippen molar-refractivity contribution in [1.29, 1.82) is 5.26 Å². The van der Waals surface area contributed by atoms with Crippen LogP contribution in [-0.4, -0.2) is 14.8 Å². The van der Waals surface area contributed by atoms with Crippen molar-refractivity contribution in [3.8, 4) is 17.3 Å². The highest BCUT2D eigenvalue weighted by molar-refractivity contribution is 7.19. The zero-order chi connectivity index (χ0) is 19.5. The third-order valence-electron chi connectivity index (χ3n) is 4.15. The highest BCUT2D eigenvalue weighted by Crippen LogP contribution is 2.27. The van der Waals surface area contributed by atoms with Crippen LogP contribution in [0, 0.1) is 23.0 Å². The van der Waals surface area contributed by atoms with Gasteiger partial charge in [0.15, 0.2) is 11.6 Å². The first-order chi connectivity index (χ1) is 13.6. The SMILES string of the molecule is N#CCCn1cc(C=Cc2nc3ccccc3s2)c(-c2ccc(F)c(F)c2)n1. The van der Waals surface area contributed by atoms with Crippen LogP contribution in [0.3, 0.4) is 0 Å². The summed E-state index contributed by atoms with van der Waals surface area (Å²) in [5.41, 5.74) is 2.66. The zero-order valence-electron chi connectivity index (χ0n) is 14.6. The summed E-state index contributed by atoms with van der Waals surface area (Å²) in [6.45, 7) is 0.419.